The number of hydrogen-bond acceptors (Lipinski definition) is 3. The van der Waals surface area contributed by atoms with Crippen LogP contribution >= 0.6 is 0 Å². The lowest BCUT2D eigenvalue weighted by molar-refractivity contribution is -0.143. The molecule has 0 aromatic carbocycles. The van der Waals surface area contributed by atoms with Crippen LogP contribution in [0.25, 0.3) is 0 Å². The van der Waals surface area contributed by atoms with Gasteiger partial charge in [-0.05, 0) is 20.5 Å². The number of nitrogens with zero attached hydrogens (tertiary/aromatic N) is 1. The van der Waals surface area contributed by atoms with E-state index in [1.807, 2.05) is 0 Å². The summed E-state index contributed by atoms with van der Waals surface area (Å²) in [5, 5.41) is 3.07. The minimum atomic E-state index is -4.13. The molecule has 2 atom stereocenters. The highest BCUT2D eigenvalue weighted by atomic mass is 19.4. The van der Waals surface area contributed by atoms with Crippen LogP contribution in [-0.4, -0.2) is 57.5 Å². The Balaban J connectivity index is 2.37. The smallest absolute Gasteiger partial charge is 0.381 e. The molecule has 0 aromatic heterocycles. The van der Waals surface area contributed by atoms with Gasteiger partial charge in [0.1, 0.15) is 0 Å². The minimum Gasteiger partial charge on any atom is -0.381 e. The molecule has 96 valence electrons. The maximum absolute atomic E-state index is 12.2. The Kier molecular flexibility index (Phi) is 5.01. The van der Waals surface area contributed by atoms with E-state index < -0.39 is 12.7 Å². The Morgan fingerprint density at radius 1 is 1.50 bits per heavy atom. The van der Waals surface area contributed by atoms with E-state index in [2.05, 4.69) is 5.32 Å². The van der Waals surface area contributed by atoms with E-state index >= 15 is 0 Å². The molecule has 0 aromatic rings. The minimum absolute atomic E-state index is 0.0647. The Bertz CT molecular complexity index is 205. The largest absolute Gasteiger partial charge is 0.401 e. The summed E-state index contributed by atoms with van der Waals surface area (Å²) in [5.74, 6) is 0.320. The van der Waals surface area contributed by atoms with Crippen LogP contribution in [0.1, 0.15) is 6.42 Å². The maximum Gasteiger partial charge on any atom is 0.401 e. The van der Waals surface area contributed by atoms with Crippen molar-refractivity contribution in [2.75, 3.05) is 40.4 Å². The van der Waals surface area contributed by atoms with Crippen molar-refractivity contribution in [3.63, 3.8) is 0 Å². The third-order valence-corrected chi connectivity index (χ3v) is 2.86. The van der Waals surface area contributed by atoms with E-state index in [0.717, 1.165) is 6.42 Å². The first-order valence-electron chi connectivity index (χ1n) is 5.42. The van der Waals surface area contributed by atoms with Gasteiger partial charge in [0.15, 0.2) is 0 Å². The van der Waals surface area contributed by atoms with E-state index in [1.165, 1.54) is 11.9 Å². The summed E-state index contributed by atoms with van der Waals surface area (Å²) >= 11 is 0. The van der Waals surface area contributed by atoms with Gasteiger partial charge in [-0.15, -0.1) is 0 Å². The first-order chi connectivity index (χ1) is 7.42. The summed E-state index contributed by atoms with van der Waals surface area (Å²) in [7, 11) is 3.28. The Morgan fingerprint density at radius 3 is 2.62 bits per heavy atom. The summed E-state index contributed by atoms with van der Waals surface area (Å²) < 4.78 is 41.7. The molecule has 0 amide bonds. The third kappa shape index (κ3) is 4.67. The first kappa shape index (κ1) is 13.7. The number of nitrogens with one attached hydrogen (secondary N) is 1. The summed E-state index contributed by atoms with van der Waals surface area (Å²) in [5.41, 5.74) is 0. The van der Waals surface area contributed by atoms with Crippen LogP contribution in [0.15, 0.2) is 0 Å². The highest BCUT2D eigenvalue weighted by molar-refractivity contribution is 4.81. The van der Waals surface area contributed by atoms with Crippen molar-refractivity contribution in [2.24, 2.45) is 5.92 Å². The van der Waals surface area contributed by atoms with Gasteiger partial charge in [-0.2, -0.15) is 13.2 Å². The van der Waals surface area contributed by atoms with Crippen LogP contribution in [0, 0.1) is 5.92 Å². The van der Waals surface area contributed by atoms with Gasteiger partial charge in [0.25, 0.3) is 0 Å². The van der Waals surface area contributed by atoms with E-state index in [1.54, 1.807) is 7.05 Å². The van der Waals surface area contributed by atoms with Crippen LogP contribution in [0.5, 0.6) is 0 Å². The van der Waals surface area contributed by atoms with Gasteiger partial charge in [-0.3, -0.25) is 4.90 Å². The molecule has 6 heteroatoms. The van der Waals surface area contributed by atoms with Gasteiger partial charge in [0.05, 0.1) is 13.2 Å². The van der Waals surface area contributed by atoms with Crippen molar-refractivity contribution in [3.8, 4) is 0 Å². The molecule has 1 heterocycles. The summed E-state index contributed by atoms with van der Waals surface area (Å²) in [6.07, 6.45) is -3.20. The maximum atomic E-state index is 12.2. The molecule has 1 saturated heterocycles. The van der Waals surface area contributed by atoms with Crippen molar-refractivity contribution in [1.29, 1.82) is 0 Å². The average molecular weight is 240 g/mol. The molecule has 0 radical (unpaired) electrons. The molecule has 1 N–H and O–H groups in total. The van der Waals surface area contributed by atoms with Gasteiger partial charge < -0.3 is 10.1 Å². The zero-order chi connectivity index (χ0) is 12.2. The van der Waals surface area contributed by atoms with E-state index in [9.17, 15) is 13.2 Å². The number of alkyl halides is 3. The van der Waals surface area contributed by atoms with E-state index in [0.29, 0.717) is 25.7 Å². The average Bonchev–Trinajstić information content (AvgIpc) is 2.63. The molecule has 0 spiro atoms. The third-order valence-electron chi connectivity index (χ3n) is 2.86. The molecule has 3 nitrogen and oxygen atoms in total. The summed E-state index contributed by atoms with van der Waals surface area (Å²) in [6.45, 7) is 0.889. The zero-order valence-electron chi connectivity index (χ0n) is 9.68. The number of rotatable bonds is 5. The molecule has 1 aliphatic rings. The molecule has 16 heavy (non-hydrogen) atoms. The van der Waals surface area contributed by atoms with Crippen molar-refractivity contribution in [2.45, 2.75) is 18.6 Å². The Morgan fingerprint density at radius 2 is 2.19 bits per heavy atom. The molecular weight excluding hydrogens is 221 g/mol. The van der Waals surface area contributed by atoms with Crippen LogP contribution in [0.3, 0.4) is 0 Å². The number of hydrogen-bond donors (Lipinski definition) is 1. The molecular formula is C10H19F3N2O. The van der Waals surface area contributed by atoms with E-state index in [4.69, 9.17) is 4.74 Å². The molecule has 1 rings (SSSR count). The van der Waals surface area contributed by atoms with Crippen molar-refractivity contribution in [3.05, 3.63) is 0 Å². The second-order valence-corrected chi connectivity index (χ2v) is 4.33. The molecule has 1 aliphatic heterocycles. The van der Waals surface area contributed by atoms with Crippen molar-refractivity contribution >= 4 is 0 Å². The standard InChI is InChI=1S/C10H19F3N2O/c1-14-9(8-3-4-16-6-8)5-15(2)7-10(11,12)13/h8-9,14H,3-7H2,1-2H3. The summed E-state index contributed by atoms with van der Waals surface area (Å²) in [6, 6.07) is 0.0647. The van der Waals surface area contributed by atoms with Crippen LogP contribution < -0.4 is 5.32 Å². The fraction of sp³-hybridized carbons (Fsp3) is 1.00. The highest BCUT2D eigenvalue weighted by Crippen LogP contribution is 2.19. The molecule has 2 unspecified atom stereocenters. The monoisotopic (exact) mass is 240 g/mol. The van der Waals surface area contributed by atoms with Crippen LogP contribution in [-0.2, 0) is 4.74 Å². The fourth-order valence-electron chi connectivity index (χ4n) is 2.05. The van der Waals surface area contributed by atoms with Gasteiger partial charge in [0, 0.05) is 25.1 Å². The fourth-order valence-corrected chi connectivity index (χ4v) is 2.05. The van der Waals surface area contributed by atoms with Crippen LogP contribution in [0.4, 0.5) is 13.2 Å². The molecule has 0 saturated carbocycles. The lowest BCUT2D eigenvalue weighted by Gasteiger charge is -2.27. The second kappa shape index (κ2) is 5.84. The van der Waals surface area contributed by atoms with Gasteiger partial charge in [0.2, 0.25) is 0 Å². The molecule has 0 aliphatic carbocycles. The SMILES string of the molecule is CNC(CN(C)CC(F)(F)F)C1CCOC1. The van der Waals surface area contributed by atoms with Gasteiger partial charge in [-0.25, -0.2) is 0 Å². The first-order valence-corrected chi connectivity index (χ1v) is 5.42. The lowest BCUT2D eigenvalue weighted by Crippen LogP contribution is -2.45. The lowest BCUT2D eigenvalue weighted by atomic mass is 9.99. The van der Waals surface area contributed by atoms with Gasteiger partial charge in [-0.1, -0.05) is 0 Å². The predicted molar refractivity (Wildman–Crippen MR) is 55.3 cm³/mol. The topological polar surface area (TPSA) is 24.5 Å². The summed E-state index contributed by atoms with van der Waals surface area (Å²) in [4.78, 5) is 1.31. The van der Waals surface area contributed by atoms with Crippen molar-refractivity contribution in [1.82, 2.24) is 10.2 Å². The van der Waals surface area contributed by atoms with Crippen LogP contribution in [0.2, 0.25) is 0 Å². The van der Waals surface area contributed by atoms with Crippen molar-refractivity contribution < 1.29 is 17.9 Å². The van der Waals surface area contributed by atoms with Gasteiger partial charge >= 0.3 is 6.18 Å². The zero-order valence-corrected chi connectivity index (χ0v) is 9.68. The number of likely N-dealkylation sites (N-methyl/N-ethyl adjacent to an activating group) is 2. The Labute approximate surface area is 93.9 Å². The molecule has 0 bridgehead atoms. The quantitative estimate of drug-likeness (QED) is 0.779. The highest BCUT2D eigenvalue weighted by Gasteiger charge is 2.31. The number of ether oxygens (including phenoxy) is 1. The Hall–Kier alpha value is -0.330. The second-order valence-electron chi connectivity index (χ2n) is 4.33. The normalized spacial score (nSPS) is 24.0. The molecule has 1 fully saturated rings. The number of halogens is 3. The van der Waals surface area contributed by atoms with E-state index in [-0.39, 0.29) is 6.04 Å². The predicted octanol–water partition coefficient (Wildman–Crippen LogP) is 1.10.